The molecule has 0 bridgehead atoms. The Kier molecular flexibility index (Phi) is 5.96. The summed E-state index contributed by atoms with van der Waals surface area (Å²) in [6, 6.07) is 16.0. The number of carbonyl (C=O) groups is 1. The Morgan fingerprint density at radius 3 is 2.38 bits per heavy atom. The second kappa shape index (κ2) is 9.21. The Morgan fingerprint density at radius 2 is 1.71 bits per heavy atom. The second-order valence-electron chi connectivity index (χ2n) is 8.97. The lowest BCUT2D eigenvalue weighted by molar-refractivity contribution is 0.0711. The fraction of sp³-hybridized carbons (Fsp3) is 0.346. The molecule has 4 aromatic rings. The average molecular weight is 457 g/mol. The van der Waals surface area contributed by atoms with Gasteiger partial charge in [0.15, 0.2) is 11.2 Å². The predicted octanol–water partition coefficient (Wildman–Crippen LogP) is 3.45. The molecule has 0 atom stereocenters. The van der Waals surface area contributed by atoms with Gasteiger partial charge in [-0.05, 0) is 49.4 Å². The van der Waals surface area contributed by atoms with Gasteiger partial charge >= 0.3 is 0 Å². The minimum Gasteiger partial charge on any atom is -0.339 e. The van der Waals surface area contributed by atoms with Crippen molar-refractivity contribution >= 4 is 17.1 Å². The van der Waals surface area contributed by atoms with Crippen molar-refractivity contribution in [2.45, 2.75) is 45.6 Å². The van der Waals surface area contributed by atoms with Gasteiger partial charge in [-0.25, -0.2) is 9.67 Å². The number of aromatic nitrogens is 5. The third-order valence-corrected chi connectivity index (χ3v) is 6.62. The third-order valence-electron chi connectivity index (χ3n) is 6.62. The molecule has 1 N–H and O–H groups in total. The number of benzene rings is 2. The number of hydrogen-bond acceptors (Lipinski definition) is 5. The third kappa shape index (κ3) is 4.35. The first-order valence-corrected chi connectivity index (χ1v) is 11.8. The number of rotatable bonds is 5. The number of fused-ring (bicyclic) bond motifs is 1. The largest absolute Gasteiger partial charge is 0.339 e. The molecule has 1 amide bonds. The minimum atomic E-state index is -0.273. The lowest BCUT2D eigenvalue weighted by Gasteiger charge is -2.31. The summed E-state index contributed by atoms with van der Waals surface area (Å²) in [7, 11) is 0. The quantitative estimate of drug-likeness (QED) is 0.496. The normalized spacial score (nSPS) is 14.6. The average Bonchev–Trinajstić information content (AvgIpc) is 3.28. The van der Waals surface area contributed by atoms with E-state index in [2.05, 4.69) is 22.2 Å². The van der Waals surface area contributed by atoms with Crippen LogP contribution in [0, 0.1) is 6.92 Å². The molecule has 1 aliphatic heterocycles. The van der Waals surface area contributed by atoms with E-state index in [9.17, 15) is 9.59 Å². The van der Waals surface area contributed by atoms with Gasteiger partial charge in [0, 0.05) is 24.6 Å². The van der Waals surface area contributed by atoms with Crippen LogP contribution in [-0.4, -0.2) is 48.9 Å². The molecule has 34 heavy (non-hydrogen) atoms. The highest BCUT2D eigenvalue weighted by Gasteiger charge is 2.27. The molecule has 0 unspecified atom stereocenters. The number of amides is 1. The molecule has 3 heterocycles. The van der Waals surface area contributed by atoms with Crippen LogP contribution in [0.2, 0.25) is 0 Å². The maximum absolute atomic E-state index is 12.9. The van der Waals surface area contributed by atoms with Crippen LogP contribution >= 0.6 is 0 Å². The van der Waals surface area contributed by atoms with E-state index in [1.54, 1.807) is 4.68 Å². The molecular weight excluding hydrogens is 428 g/mol. The highest BCUT2D eigenvalue weighted by atomic mass is 16.2. The van der Waals surface area contributed by atoms with E-state index in [1.807, 2.05) is 60.4 Å². The van der Waals surface area contributed by atoms with E-state index >= 15 is 0 Å². The smallest absolute Gasteiger partial charge is 0.281 e. The molecule has 1 saturated heterocycles. The van der Waals surface area contributed by atoms with Crippen molar-refractivity contribution in [3.63, 3.8) is 0 Å². The molecule has 0 spiro atoms. The van der Waals surface area contributed by atoms with Gasteiger partial charge in [0.05, 0.1) is 6.54 Å². The Hall–Kier alpha value is -3.81. The van der Waals surface area contributed by atoms with Gasteiger partial charge in [0.2, 0.25) is 0 Å². The summed E-state index contributed by atoms with van der Waals surface area (Å²) in [5.41, 5.74) is 4.66. The van der Waals surface area contributed by atoms with E-state index in [1.165, 1.54) is 11.1 Å². The summed E-state index contributed by atoms with van der Waals surface area (Å²) < 4.78 is 1.68. The molecular formula is C26H28N6O2. The van der Waals surface area contributed by atoms with Crippen LogP contribution in [0.5, 0.6) is 0 Å². The van der Waals surface area contributed by atoms with Crippen LogP contribution in [0.25, 0.3) is 11.2 Å². The summed E-state index contributed by atoms with van der Waals surface area (Å²) in [4.78, 5) is 35.1. The van der Waals surface area contributed by atoms with Gasteiger partial charge in [-0.1, -0.05) is 54.1 Å². The maximum atomic E-state index is 12.9. The van der Waals surface area contributed by atoms with E-state index in [0.29, 0.717) is 31.1 Å². The zero-order valence-electron chi connectivity index (χ0n) is 19.5. The van der Waals surface area contributed by atoms with Gasteiger partial charge < -0.3 is 9.88 Å². The molecule has 174 valence electrons. The van der Waals surface area contributed by atoms with Crippen LogP contribution in [0.1, 0.15) is 58.6 Å². The van der Waals surface area contributed by atoms with Gasteiger partial charge in [-0.2, -0.15) is 0 Å². The van der Waals surface area contributed by atoms with Crippen LogP contribution in [0.4, 0.5) is 0 Å². The Morgan fingerprint density at radius 1 is 1.03 bits per heavy atom. The number of nitrogens with one attached hydrogen (secondary N) is 1. The first kappa shape index (κ1) is 22.0. The minimum absolute atomic E-state index is 0.0541. The molecule has 2 aromatic carbocycles. The zero-order chi connectivity index (χ0) is 23.7. The molecule has 0 aliphatic carbocycles. The molecule has 1 fully saturated rings. The van der Waals surface area contributed by atoms with Crippen molar-refractivity contribution in [2.24, 2.45) is 0 Å². The Bertz CT molecular complexity index is 1360. The van der Waals surface area contributed by atoms with Crippen LogP contribution in [0.15, 0.2) is 53.3 Å². The predicted molar refractivity (Wildman–Crippen MR) is 130 cm³/mol. The van der Waals surface area contributed by atoms with Crippen molar-refractivity contribution in [3.8, 4) is 0 Å². The van der Waals surface area contributed by atoms with Crippen molar-refractivity contribution in [2.75, 3.05) is 13.1 Å². The Labute approximate surface area is 197 Å². The molecule has 5 rings (SSSR count). The summed E-state index contributed by atoms with van der Waals surface area (Å²) in [5, 5.41) is 8.23. The number of H-pyrrole nitrogens is 1. The van der Waals surface area contributed by atoms with Crippen molar-refractivity contribution in [1.29, 1.82) is 0 Å². The Balaban J connectivity index is 1.32. The van der Waals surface area contributed by atoms with Crippen LogP contribution in [0.3, 0.4) is 0 Å². The van der Waals surface area contributed by atoms with E-state index < -0.39 is 0 Å². The number of nitrogens with zero attached hydrogens (tertiary/aromatic N) is 5. The van der Waals surface area contributed by atoms with Gasteiger partial charge in [-0.3, -0.25) is 9.59 Å². The molecule has 8 heteroatoms. The number of carbonyl (C=O) groups excluding carboxylic acids is 1. The number of likely N-dealkylation sites (tertiary alicyclic amines) is 1. The molecule has 2 aromatic heterocycles. The summed E-state index contributed by atoms with van der Waals surface area (Å²) in [6.45, 7) is 5.89. The summed E-state index contributed by atoms with van der Waals surface area (Å²) in [6.07, 6.45) is 2.44. The fourth-order valence-electron chi connectivity index (χ4n) is 4.47. The standard InChI is InChI=1S/C26H28N6O2/c1-3-18-8-10-21(11-9-18)26(34)31-14-12-20(13-15-31)23-27-24-22(25(33)28-23)29-30-32(24)16-19-6-4-17(2)5-7-19/h4-11,20H,3,12-16H2,1-2H3,(H,27,28,33). The monoisotopic (exact) mass is 456 g/mol. The van der Waals surface area contributed by atoms with Crippen molar-refractivity contribution < 1.29 is 4.79 Å². The van der Waals surface area contributed by atoms with Crippen molar-refractivity contribution in [3.05, 3.63) is 87.0 Å². The topological polar surface area (TPSA) is 96.8 Å². The summed E-state index contributed by atoms with van der Waals surface area (Å²) in [5.74, 6) is 0.772. The highest BCUT2D eigenvalue weighted by Crippen LogP contribution is 2.26. The maximum Gasteiger partial charge on any atom is 0.281 e. The lowest BCUT2D eigenvalue weighted by Crippen LogP contribution is -2.38. The number of aromatic amines is 1. The van der Waals surface area contributed by atoms with Gasteiger partial charge in [0.25, 0.3) is 11.5 Å². The molecule has 0 radical (unpaired) electrons. The van der Waals surface area contributed by atoms with E-state index in [4.69, 9.17) is 4.98 Å². The number of piperidine rings is 1. The lowest BCUT2D eigenvalue weighted by atomic mass is 9.95. The van der Waals surface area contributed by atoms with Crippen LogP contribution in [-0.2, 0) is 13.0 Å². The van der Waals surface area contributed by atoms with Gasteiger partial charge in [-0.15, -0.1) is 5.10 Å². The zero-order valence-corrected chi connectivity index (χ0v) is 19.5. The first-order chi connectivity index (χ1) is 16.5. The molecule has 1 aliphatic rings. The number of hydrogen-bond donors (Lipinski definition) is 1. The van der Waals surface area contributed by atoms with Crippen molar-refractivity contribution in [1.82, 2.24) is 29.9 Å². The van der Waals surface area contributed by atoms with Gasteiger partial charge in [0.1, 0.15) is 5.82 Å². The second-order valence-corrected chi connectivity index (χ2v) is 8.97. The molecule has 8 nitrogen and oxygen atoms in total. The van der Waals surface area contributed by atoms with E-state index in [0.717, 1.165) is 30.4 Å². The SMILES string of the molecule is CCc1ccc(C(=O)N2CCC(c3nc4c(nnn4Cc4ccc(C)cc4)c(=O)[nH]3)CC2)cc1. The number of aryl methyl sites for hydroxylation is 2. The first-order valence-electron chi connectivity index (χ1n) is 11.8. The van der Waals surface area contributed by atoms with E-state index in [-0.39, 0.29) is 22.9 Å². The summed E-state index contributed by atoms with van der Waals surface area (Å²) >= 11 is 0. The highest BCUT2D eigenvalue weighted by molar-refractivity contribution is 5.94. The van der Waals surface area contributed by atoms with Crippen LogP contribution < -0.4 is 5.56 Å². The molecule has 0 saturated carbocycles. The fourth-order valence-corrected chi connectivity index (χ4v) is 4.47.